The Hall–Kier alpha value is -2.88. The Bertz CT molecular complexity index is 1470. The molecule has 0 N–H and O–H groups in total. The number of rotatable bonds is 1. The van der Waals surface area contributed by atoms with Crippen LogP contribution in [-0.2, 0) is 5.11 Å². The summed E-state index contributed by atoms with van der Waals surface area (Å²) in [5.41, 5.74) is 2.45. The van der Waals surface area contributed by atoms with Crippen molar-refractivity contribution in [2.75, 3.05) is 0 Å². The molecule has 0 bridgehead atoms. The maximum absolute atomic E-state index is 13.2. The van der Waals surface area contributed by atoms with Gasteiger partial charge in [-0.3, -0.25) is 5.11 Å². The van der Waals surface area contributed by atoms with Crippen molar-refractivity contribution in [3.05, 3.63) is 76.5 Å². The molecule has 0 spiro atoms. The Kier molecular flexibility index (Phi) is 3.55. The van der Waals surface area contributed by atoms with Crippen LogP contribution in [0.3, 0.4) is 0 Å². The van der Waals surface area contributed by atoms with Gasteiger partial charge < -0.3 is 0 Å². The van der Waals surface area contributed by atoms with Crippen LogP contribution in [0.4, 0.5) is 0 Å². The van der Waals surface area contributed by atoms with Crippen molar-refractivity contribution in [3.8, 4) is 16.9 Å². The van der Waals surface area contributed by atoms with Gasteiger partial charge in [0, 0.05) is 26.1 Å². The van der Waals surface area contributed by atoms with Gasteiger partial charge in [-0.15, -0.1) is 22.7 Å². The fourth-order valence-electron chi connectivity index (χ4n) is 4.54. The molecule has 3 heteroatoms. The number of fused-ring (bicyclic) bond motifs is 4. The molecule has 1 radical (unpaired) electrons. The Labute approximate surface area is 176 Å². The van der Waals surface area contributed by atoms with E-state index in [1.165, 1.54) is 42.4 Å². The zero-order valence-corrected chi connectivity index (χ0v) is 17.7. The molecule has 2 aromatic heterocycles. The van der Waals surface area contributed by atoms with Gasteiger partial charge in [-0.1, -0.05) is 48.5 Å². The zero-order chi connectivity index (χ0) is 19.7. The highest BCUT2D eigenvalue weighted by Gasteiger charge is 2.22. The number of hydrogen-bond donors (Lipinski definition) is 0. The van der Waals surface area contributed by atoms with Crippen LogP contribution in [-0.4, -0.2) is 0 Å². The van der Waals surface area contributed by atoms with Gasteiger partial charge in [-0.25, -0.2) is 0 Å². The summed E-state index contributed by atoms with van der Waals surface area (Å²) in [4.78, 5) is 2.36. The van der Waals surface area contributed by atoms with Crippen LogP contribution in [0.5, 0.6) is 5.75 Å². The van der Waals surface area contributed by atoms with Crippen LogP contribution in [0.2, 0.25) is 0 Å². The molecule has 0 atom stereocenters. The topological polar surface area (TPSA) is 19.9 Å². The maximum Gasteiger partial charge on any atom is 0.214 e. The third-order valence-electron chi connectivity index (χ3n) is 5.68. The molecule has 0 aliphatic rings. The van der Waals surface area contributed by atoms with E-state index in [2.05, 4.69) is 80.6 Å². The van der Waals surface area contributed by atoms with E-state index < -0.39 is 0 Å². The first-order valence-corrected chi connectivity index (χ1v) is 11.3. The summed E-state index contributed by atoms with van der Waals surface area (Å²) < 4.78 is 1.76. The minimum atomic E-state index is 0.180. The Morgan fingerprint density at radius 2 is 1.03 bits per heavy atom. The molecule has 0 saturated carbocycles. The van der Waals surface area contributed by atoms with Gasteiger partial charge in [0.15, 0.2) is 0 Å². The summed E-state index contributed by atoms with van der Waals surface area (Å²) in [6.45, 7) is 4.18. The second kappa shape index (κ2) is 6.06. The highest BCUT2D eigenvalue weighted by molar-refractivity contribution is 7.22. The van der Waals surface area contributed by atoms with E-state index in [0.717, 1.165) is 20.2 Å². The predicted molar refractivity (Wildman–Crippen MR) is 127 cm³/mol. The predicted octanol–water partition coefficient (Wildman–Crippen LogP) is 8.85. The number of hydrogen-bond acceptors (Lipinski definition) is 2. The molecule has 0 amide bonds. The summed E-state index contributed by atoms with van der Waals surface area (Å²) >= 11 is 3.23. The molecule has 1 nitrogen and oxygen atoms in total. The van der Waals surface area contributed by atoms with Crippen molar-refractivity contribution in [1.29, 1.82) is 0 Å². The van der Waals surface area contributed by atoms with Crippen LogP contribution in [0, 0.1) is 13.8 Å². The van der Waals surface area contributed by atoms with Crippen LogP contribution >= 0.6 is 22.7 Å². The maximum atomic E-state index is 13.2. The van der Waals surface area contributed by atoms with Crippen molar-refractivity contribution in [2.24, 2.45) is 0 Å². The van der Waals surface area contributed by atoms with Gasteiger partial charge in [0.05, 0.1) is 9.40 Å². The molecule has 0 aliphatic carbocycles. The molecule has 0 unspecified atom stereocenters. The monoisotopic (exact) mass is 409 g/mol. The van der Waals surface area contributed by atoms with Crippen LogP contribution in [0.15, 0.2) is 66.7 Å². The second-order valence-corrected chi connectivity index (χ2v) is 10.1. The lowest BCUT2D eigenvalue weighted by Crippen LogP contribution is -1.87. The SMILES string of the molecule is Cc1cc2c(-c3c4ccccc4cc4ccccc34)c3cc(C)sc3c([O])c2s1. The quantitative estimate of drug-likeness (QED) is 0.242. The number of thiophene rings is 2. The highest BCUT2D eigenvalue weighted by Crippen LogP contribution is 2.51. The summed E-state index contributed by atoms with van der Waals surface area (Å²) in [7, 11) is 0. The molecular formula is C26H17OS2. The van der Waals surface area contributed by atoms with E-state index in [0.29, 0.717) is 0 Å². The summed E-state index contributed by atoms with van der Waals surface area (Å²) in [6.07, 6.45) is 0. The third kappa shape index (κ3) is 2.38. The minimum Gasteiger partial charge on any atom is -0.287 e. The molecule has 6 rings (SSSR count). The lowest BCUT2D eigenvalue weighted by molar-refractivity contribution is 0.367. The molecule has 6 aromatic rings. The summed E-state index contributed by atoms with van der Waals surface area (Å²) in [5.74, 6) is 0.180. The Morgan fingerprint density at radius 3 is 1.55 bits per heavy atom. The van der Waals surface area contributed by atoms with E-state index in [9.17, 15) is 5.11 Å². The first kappa shape index (κ1) is 17.0. The second-order valence-electron chi connectivity index (χ2n) is 7.60. The minimum absolute atomic E-state index is 0.180. The fourth-order valence-corrected chi connectivity index (χ4v) is 6.53. The Balaban J connectivity index is 1.95. The van der Waals surface area contributed by atoms with E-state index in [1.807, 2.05) is 0 Å². The van der Waals surface area contributed by atoms with E-state index >= 15 is 0 Å². The molecule has 0 aliphatic heterocycles. The lowest BCUT2D eigenvalue weighted by atomic mass is 9.88. The zero-order valence-electron chi connectivity index (χ0n) is 16.1. The first-order chi connectivity index (χ1) is 14.1. The molecule has 29 heavy (non-hydrogen) atoms. The molecule has 4 aromatic carbocycles. The molecule has 2 heterocycles. The van der Waals surface area contributed by atoms with Crippen molar-refractivity contribution in [2.45, 2.75) is 13.8 Å². The van der Waals surface area contributed by atoms with Crippen LogP contribution < -0.4 is 0 Å². The molecular weight excluding hydrogens is 392 g/mol. The standard InChI is InChI=1S/C26H17OS2/c1-14-11-20-23(21-12-15(2)29-26(21)24(27)25(20)28-14)22-18-9-5-3-7-16(18)13-17-8-4-6-10-19(17)22/h3-13H,1-2H3. The highest BCUT2D eigenvalue weighted by atomic mass is 32.1. The van der Waals surface area contributed by atoms with Gasteiger partial charge in [-0.05, 0) is 59.2 Å². The molecule has 0 fully saturated rings. The molecule has 139 valence electrons. The average Bonchev–Trinajstić information content (AvgIpc) is 3.30. The number of aryl methyl sites for hydroxylation is 2. The van der Waals surface area contributed by atoms with Gasteiger partial charge in [0.25, 0.3) is 0 Å². The van der Waals surface area contributed by atoms with Crippen molar-refractivity contribution >= 4 is 64.4 Å². The lowest BCUT2D eigenvalue weighted by Gasteiger charge is -2.14. The van der Waals surface area contributed by atoms with E-state index in [1.54, 1.807) is 22.7 Å². The van der Waals surface area contributed by atoms with Crippen LogP contribution in [0.1, 0.15) is 9.75 Å². The third-order valence-corrected chi connectivity index (χ3v) is 7.78. The average molecular weight is 410 g/mol. The van der Waals surface area contributed by atoms with Gasteiger partial charge >= 0.3 is 0 Å². The van der Waals surface area contributed by atoms with Crippen molar-refractivity contribution in [3.63, 3.8) is 0 Å². The van der Waals surface area contributed by atoms with E-state index in [4.69, 9.17) is 0 Å². The molecule has 0 saturated heterocycles. The Morgan fingerprint density at radius 1 is 0.586 bits per heavy atom. The first-order valence-electron chi connectivity index (χ1n) is 9.66. The summed E-state index contributed by atoms with van der Waals surface area (Å²) in [6, 6.07) is 23.8. The van der Waals surface area contributed by atoms with E-state index in [-0.39, 0.29) is 5.75 Å². The van der Waals surface area contributed by atoms with Gasteiger partial charge in [0.1, 0.15) is 0 Å². The normalized spacial score (nSPS) is 11.9. The van der Waals surface area contributed by atoms with Gasteiger partial charge in [0.2, 0.25) is 5.75 Å². The largest absolute Gasteiger partial charge is 0.287 e. The van der Waals surface area contributed by atoms with Crippen LogP contribution in [0.25, 0.3) is 52.8 Å². The summed E-state index contributed by atoms with van der Waals surface area (Å²) in [5, 5.41) is 20.4. The smallest absolute Gasteiger partial charge is 0.214 e. The van der Waals surface area contributed by atoms with Crippen molar-refractivity contribution in [1.82, 2.24) is 0 Å². The number of benzene rings is 4. The van der Waals surface area contributed by atoms with Gasteiger partial charge in [-0.2, -0.15) is 0 Å². The van der Waals surface area contributed by atoms with Crippen molar-refractivity contribution < 1.29 is 5.11 Å². The fraction of sp³-hybridized carbons (Fsp3) is 0.0769.